The van der Waals surface area contributed by atoms with Crippen LogP contribution in [0.25, 0.3) is 0 Å². The maximum Gasteiger partial charge on any atom is 0.101 e. The zero-order chi connectivity index (χ0) is 13.2. The van der Waals surface area contributed by atoms with E-state index < -0.39 is 0 Å². The average Bonchev–Trinajstić information content (AvgIpc) is 2.32. The van der Waals surface area contributed by atoms with Crippen molar-refractivity contribution in [3.63, 3.8) is 0 Å². The Morgan fingerprint density at radius 1 is 1.11 bits per heavy atom. The van der Waals surface area contributed by atoms with Crippen molar-refractivity contribution in [2.75, 3.05) is 5.73 Å². The summed E-state index contributed by atoms with van der Waals surface area (Å²) < 4.78 is 0. The molecule has 0 saturated heterocycles. The molecule has 2 aromatic rings. The number of pyridine rings is 2. The van der Waals surface area contributed by atoms with Crippen molar-refractivity contribution < 1.29 is 0 Å². The van der Waals surface area contributed by atoms with Crippen LogP contribution in [-0.2, 0) is 5.41 Å². The zero-order valence-corrected chi connectivity index (χ0v) is 11.7. The quantitative estimate of drug-likeness (QED) is 0.896. The fourth-order valence-electron chi connectivity index (χ4n) is 1.48. The third-order valence-electron chi connectivity index (χ3n) is 2.63. The van der Waals surface area contributed by atoms with Crippen molar-refractivity contribution in [1.29, 1.82) is 0 Å². The van der Waals surface area contributed by atoms with Crippen LogP contribution < -0.4 is 5.73 Å². The van der Waals surface area contributed by atoms with Gasteiger partial charge in [0.15, 0.2) is 0 Å². The third kappa shape index (κ3) is 3.01. The molecule has 0 atom stereocenters. The molecule has 3 nitrogen and oxygen atoms in total. The van der Waals surface area contributed by atoms with E-state index in [2.05, 4.69) is 36.8 Å². The van der Waals surface area contributed by atoms with E-state index in [0.29, 0.717) is 5.69 Å². The van der Waals surface area contributed by atoms with Gasteiger partial charge in [-0.25, -0.2) is 4.98 Å². The number of rotatable bonds is 2. The summed E-state index contributed by atoms with van der Waals surface area (Å²) in [6.07, 6.45) is 5.33. The van der Waals surface area contributed by atoms with Crippen LogP contribution in [0.4, 0.5) is 5.69 Å². The van der Waals surface area contributed by atoms with Gasteiger partial charge in [-0.1, -0.05) is 38.6 Å². The predicted octanol–water partition coefficient (Wildman–Crippen LogP) is 3.51. The molecule has 0 fully saturated rings. The maximum atomic E-state index is 5.86. The lowest BCUT2D eigenvalue weighted by atomic mass is 9.88. The largest absolute Gasteiger partial charge is 0.397 e. The van der Waals surface area contributed by atoms with E-state index in [1.807, 2.05) is 18.3 Å². The van der Waals surface area contributed by atoms with E-state index in [0.717, 1.165) is 9.92 Å². The van der Waals surface area contributed by atoms with Gasteiger partial charge in [0.25, 0.3) is 0 Å². The second-order valence-electron chi connectivity index (χ2n) is 5.15. The predicted molar refractivity (Wildman–Crippen MR) is 75.7 cm³/mol. The molecule has 0 aliphatic heterocycles. The van der Waals surface area contributed by atoms with Gasteiger partial charge in [0.1, 0.15) is 5.03 Å². The summed E-state index contributed by atoms with van der Waals surface area (Å²) in [5.41, 5.74) is 7.90. The highest BCUT2D eigenvalue weighted by Crippen LogP contribution is 2.31. The Balaban J connectivity index is 2.19. The second-order valence-corrected chi connectivity index (χ2v) is 6.21. The summed E-state index contributed by atoms with van der Waals surface area (Å²) in [4.78, 5) is 9.43. The molecule has 0 aliphatic rings. The molecule has 18 heavy (non-hydrogen) atoms. The summed E-state index contributed by atoms with van der Waals surface area (Å²) in [7, 11) is 0. The lowest BCUT2D eigenvalue weighted by Gasteiger charge is -2.18. The highest BCUT2D eigenvalue weighted by molar-refractivity contribution is 7.99. The smallest absolute Gasteiger partial charge is 0.101 e. The van der Waals surface area contributed by atoms with Crippen LogP contribution in [0.1, 0.15) is 26.3 Å². The number of aromatic nitrogens is 2. The minimum Gasteiger partial charge on any atom is -0.397 e. The van der Waals surface area contributed by atoms with Gasteiger partial charge in [-0.2, -0.15) is 0 Å². The number of nitrogens with two attached hydrogens (primary N) is 1. The molecule has 0 aromatic carbocycles. The van der Waals surface area contributed by atoms with Crippen molar-refractivity contribution in [1.82, 2.24) is 9.97 Å². The minimum absolute atomic E-state index is 0.131. The fourth-order valence-corrected chi connectivity index (χ4v) is 2.25. The van der Waals surface area contributed by atoms with Gasteiger partial charge >= 0.3 is 0 Å². The monoisotopic (exact) mass is 259 g/mol. The molecule has 2 rings (SSSR count). The van der Waals surface area contributed by atoms with Gasteiger partial charge in [-0.05, 0) is 23.1 Å². The molecule has 2 heterocycles. The van der Waals surface area contributed by atoms with Gasteiger partial charge in [0.05, 0.1) is 11.9 Å². The molecule has 94 valence electrons. The average molecular weight is 259 g/mol. The lowest BCUT2D eigenvalue weighted by molar-refractivity contribution is 0.586. The number of hydrogen-bond acceptors (Lipinski definition) is 4. The Kier molecular flexibility index (Phi) is 3.57. The molecule has 0 unspecified atom stereocenters. The van der Waals surface area contributed by atoms with E-state index in [9.17, 15) is 0 Å². The van der Waals surface area contributed by atoms with Crippen molar-refractivity contribution in [2.24, 2.45) is 0 Å². The van der Waals surface area contributed by atoms with Crippen molar-refractivity contribution >= 4 is 17.4 Å². The Morgan fingerprint density at radius 3 is 2.44 bits per heavy atom. The maximum absolute atomic E-state index is 5.86. The Bertz CT molecular complexity index is 529. The van der Waals surface area contributed by atoms with Crippen LogP contribution in [0.5, 0.6) is 0 Å². The number of hydrogen-bond donors (Lipinski definition) is 1. The second kappa shape index (κ2) is 4.98. The highest BCUT2D eigenvalue weighted by atomic mass is 32.2. The molecule has 0 bridgehead atoms. The summed E-state index contributed by atoms with van der Waals surface area (Å²) >= 11 is 1.56. The molecule has 0 spiro atoms. The summed E-state index contributed by atoms with van der Waals surface area (Å²) in [6.45, 7) is 6.53. The van der Waals surface area contributed by atoms with E-state index in [1.165, 1.54) is 5.56 Å². The molecule has 0 radical (unpaired) electrons. The van der Waals surface area contributed by atoms with Gasteiger partial charge < -0.3 is 5.73 Å². The number of nitrogens with zero attached hydrogens (tertiary/aromatic N) is 2. The van der Waals surface area contributed by atoms with Gasteiger partial charge in [-0.15, -0.1) is 0 Å². The first-order valence-corrected chi connectivity index (χ1v) is 6.62. The summed E-state index contributed by atoms with van der Waals surface area (Å²) in [6, 6.07) is 6.05. The Labute approximate surface area is 112 Å². The van der Waals surface area contributed by atoms with Crippen LogP contribution in [0.15, 0.2) is 46.7 Å². The molecule has 0 aliphatic carbocycles. The summed E-state index contributed by atoms with van der Waals surface area (Å²) in [5.74, 6) is 0. The fraction of sp³-hybridized carbons (Fsp3) is 0.286. The molecule has 2 N–H and O–H groups in total. The third-order valence-corrected chi connectivity index (χ3v) is 3.67. The Morgan fingerprint density at radius 2 is 1.89 bits per heavy atom. The van der Waals surface area contributed by atoms with Crippen LogP contribution in [-0.4, -0.2) is 9.97 Å². The van der Waals surface area contributed by atoms with Gasteiger partial charge in [0.2, 0.25) is 0 Å². The normalized spacial score (nSPS) is 11.5. The minimum atomic E-state index is 0.131. The molecule has 2 aromatic heterocycles. The highest BCUT2D eigenvalue weighted by Gasteiger charge is 2.13. The van der Waals surface area contributed by atoms with Crippen LogP contribution in [0.3, 0.4) is 0 Å². The van der Waals surface area contributed by atoms with E-state index in [-0.39, 0.29) is 5.41 Å². The van der Waals surface area contributed by atoms with Crippen molar-refractivity contribution in [3.8, 4) is 0 Å². The van der Waals surface area contributed by atoms with Crippen molar-refractivity contribution in [2.45, 2.75) is 36.1 Å². The molecule has 4 heteroatoms. The lowest BCUT2D eigenvalue weighted by Crippen LogP contribution is -2.11. The number of nitrogen functional groups attached to an aromatic ring is 1. The first-order chi connectivity index (χ1) is 8.47. The van der Waals surface area contributed by atoms with E-state index in [4.69, 9.17) is 5.73 Å². The van der Waals surface area contributed by atoms with Gasteiger partial charge in [0, 0.05) is 17.3 Å². The zero-order valence-electron chi connectivity index (χ0n) is 10.8. The van der Waals surface area contributed by atoms with Crippen LogP contribution >= 0.6 is 11.8 Å². The Hall–Kier alpha value is -1.55. The number of anilines is 1. The van der Waals surface area contributed by atoms with Crippen molar-refractivity contribution in [3.05, 3.63) is 42.4 Å². The van der Waals surface area contributed by atoms with Crippen LogP contribution in [0.2, 0.25) is 0 Å². The molecule has 0 saturated carbocycles. The standard InChI is InChI=1S/C14H17N3S/c1-14(2,3)10-4-5-13(17-8-10)18-12-6-7-16-9-11(12)15/h4-9H,15H2,1-3H3. The van der Waals surface area contributed by atoms with E-state index >= 15 is 0 Å². The SMILES string of the molecule is CC(C)(C)c1ccc(Sc2ccncc2N)nc1. The van der Waals surface area contributed by atoms with Gasteiger partial charge in [-0.3, -0.25) is 4.98 Å². The van der Waals surface area contributed by atoms with E-state index in [1.54, 1.807) is 24.2 Å². The summed E-state index contributed by atoms with van der Waals surface area (Å²) in [5, 5.41) is 0.945. The topological polar surface area (TPSA) is 51.8 Å². The molecule has 0 amide bonds. The van der Waals surface area contributed by atoms with Crippen LogP contribution in [0, 0.1) is 0 Å². The first kappa shape index (κ1) is 12.9. The first-order valence-electron chi connectivity index (χ1n) is 5.81. The molecular formula is C14H17N3S. The molecular weight excluding hydrogens is 242 g/mol.